The lowest BCUT2D eigenvalue weighted by molar-refractivity contribution is -0.137. The highest BCUT2D eigenvalue weighted by Crippen LogP contribution is 2.33. The molecule has 0 aliphatic carbocycles. The third-order valence-corrected chi connectivity index (χ3v) is 8.08. The van der Waals surface area contributed by atoms with Gasteiger partial charge in [0.05, 0.1) is 21.9 Å². The first-order valence-electron chi connectivity index (χ1n) is 9.37. The topological polar surface area (TPSA) is 73.8 Å². The van der Waals surface area contributed by atoms with Crippen LogP contribution < -0.4 is 4.90 Å². The number of para-hydroxylation sites is 1. The van der Waals surface area contributed by atoms with Crippen molar-refractivity contribution in [2.45, 2.75) is 12.8 Å². The van der Waals surface area contributed by atoms with Crippen molar-refractivity contribution in [3.05, 3.63) is 23.2 Å². The molecule has 4 rings (SSSR count). The van der Waals surface area contributed by atoms with Crippen molar-refractivity contribution < 1.29 is 13.2 Å². The van der Waals surface area contributed by atoms with Crippen LogP contribution in [0.2, 0.25) is 5.02 Å². The molecule has 0 spiro atoms. The molecule has 3 heterocycles. The molecule has 1 aromatic heterocycles. The second-order valence-electron chi connectivity index (χ2n) is 7.36. The molecule has 2 aliphatic heterocycles. The summed E-state index contributed by atoms with van der Waals surface area (Å²) in [4.78, 5) is 21.6. The number of aromatic nitrogens is 1. The van der Waals surface area contributed by atoms with E-state index in [9.17, 15) is 13.2 Å². The van der Waals surface area contributed by atoms with Crippen LogP contribution in [0.1, 0.15) is 12.8 Å². The van der Waals surface area contributed by atoms with Crippen molar-refractivity contribution in [1.82, 2.24) is 14.2 Å². The highest BCUT2D eigenvalue weighted by molar-refractivity contribution is 7.88. The molecule has 1 atom stereocenters. The van der Waals surface area contributed by atoms with Gasteiger partial charge in [-0.15, -0.1) is 0 Å². The van der Waals surface area contributed by atoms with Crippen LogP contribution in [-0.2, 0) is 14.8 Å². The van der Waals surface area contributed by atoms with Crippen LogP contribution in [0, 0.1) is 5.92 Å². The number of amides is 1. The van der Waals surface area contributed by atoms with Crippen molar-refractivity contribution in [2.24, 2.45) is 5.92 Å². The number of piperazine rings is 1. The van der Waals surface area contributed by atoms with Crippen LogP contribution in [-0.4, -0.2) is 74.0 Å². The lowest BCUT2D eigenvalue weighted by atomic mass is 9.98. The van der Waals surface area contributed by atoms with Crippen molar-refractivity contribution in [3.63, 3.8) is 0 Å². The number of thiazole rings is 1. The first kappa shape index (κ1) is 19.9. The lowest BCUT2D eigenvalue weighted by Crippen LogP contribution is -2.53. The van der Waals surface area contributed by atoms with Gasteiger partial charge in [-0.3, -0.25) is 4.79 Å². The van der Waals surface area contributed by atoms with Crippen LogP contribution >= 0.6 is 22.9 Å². The molecule has 1 unspecified atom stereocenters. The Morgan fingerprint density at radius 2 is 1.96 bits per heavy atom. The molecular formula is C18H23ClN4O3S2. The van der Waals surface area contributed by atoms with Crippen molar-refractivity contribution in [2.75, 3.05) is 50.4 Å². The van der Waals surface area contributed by atoms with Gasteiger partial charge in [-0.2, -0.15) is 0 Å². The van der Waals surface area contributed by atoms with Crippen molar-refractivity contribution in [1.29, 1.82) is 0 Å². The summed E-state index contributed by atoms with van der Waals surface area (Å²) in [5.41, 5.74) is 0.825. The number of nitrogens with zero attached hydrogens (tertiary/aromatic N) is 4. The largest absolute Gasteiger partial charge is 0.345 e. The van der Waals surface area contributed by atoms with Gasteiger partial charge < -0.3 is 9.80 Å². The smallest absolute Gasteiger partial charge is 0.227 e. The number of hydrogen-bond donors (Lipinski definition) is 0. The van der Waals surface area contributed by atoms with E-state index in [2.05, 4.69) is 9.88 Å². The van der Waals surface area contributed by atoms with Gasteiger partial charge in [-0.1, -0.05) is 29.0 Å². The third-order valence-electron chi connectivity index (χ3n) is 5.42. The SMILES string of the molecule is CS(=O)(=O)N1CCCC(C(=O)N2CCN(c3nc4c(Cl)cccc4s3)CC2)C1. The average Bonchev–Trinajstić information content (AvgIpc) is 3.13. The Morgan fingerprint density at radius 3 is 2.64 bits per heavy atom. The summed E-state index contributed by atoms with van der Waals surface area (Å²) in [6.07, 6.45) is 2.69. The number of rotatable bonds is 3. The van der Waals surface area contributed by atoms with E-state index in [0.717, 1.165) is 28.2 Å². The molecule has 1 aromatic carbocycles. The van der Waals surface area contributed by atoms with Crippen LogP contribution in [0.5, 0.6) is 0 Å². The molecule has 28 heavy (non-hydrogen) atoms. The fraction of sp³-hybridized carbons (Fsp3) is 0.556. The molecule has 0 radical (unpaired) electrons. The molecule has 0 N–H and O–H groups in total. The third kappa shape index (κ3) is 3.98. The highest BCUT2D eigenvalue weighted by Gasteiger charge is 2.34. The normalized spacial score (nSPS) is 22.0. The first-order valence-corrected chi connectivity index (χ1v) is 12.4. The second kappa shape index (κ2) is 7.78. The second-order valence-corrected chi connectivity index (χ2v) is 10.8. The minimum atomic E-state index is -3.25. The fourth-order valence-electron chi connectivity index (χ4n) is 3.86. The zero-order chi connectivity index (χ0) is 19.9. The van der Waals surface area contributed by atoms with E-state index in [4.69, 9.17) is 11.6 Å². The van der Waals surface area contributed by atoms with E-state index >= 15 is 0 Å². The van der Waals surface area contributed by atoms with E-state index in [1.165, 1.54) is 10.6 Å². The Labute approximate surface area is 173 Å². The number of piperidine rings is 1. The summed E-state index contributed by atoms with van der Waals surface area (Å²) in [5, 5.41) is 1.58. The molecule has 2 aliphatic rings. The summed E-state index contributed by atoms with van der Waals surface area (Å²) < 4.78 is 26.1. The molecular weight excluding hydrogens is 420 g/mol. The van der Waals surface area contributed by atoms with Crippen LogP contribution in [0.15, 0.2) is 18.2 Å². The summed E-state index contributed by atoms with van der Waals surface area (Å²) in [6, 6.07) is 5.78. The fourth-order valence-corrected chi connectivity index (χ4v) is 6.09. The maximum atomic E-state index is 12.9. The van der Waals surface area contributed by atoms with E-state index in [1.807, 2.05) is 23.1 Å². The minimum Gasteiger partial charge on any atom is -0.345 e. The standard InChI is InChI=1S/C18H23ClN4O3S2/c1-28(25,26)23-7-3-4-13(12-23)17(24)21-8-10-22(11-9-21)18-20-16-14(19)5-2-6-15(16)27-18/h2,5-6,13H,3-4,7-12H2,1H3. The maximum Gasteiger partial charge on any atom is 0.227 e. The van der Waals surface area contributed by atoms with Gasteiger partial charge in [0, 0.05) is 39.3 Å². The number of carbonyl (C=O) groups excluding carboxylic acids is 1. The zero-order valence-electron chi connectivity index (χ0n) is 15.7. The Hall–Kier alpha value is -1.42. The number of anilines is 1. The zero-order valence-corrected chi connectivity index (χ0v) is 18.1. The van der Waals surface area contributed by atoms with Gasteiger partial charge in [0.1, 0.15) is 5.52 Å². The minimum absolute atomic E-state index is 0.0698. The quantitative estimate of drug-likeness (QED) is 0.729. The van der Waals surface area contributed by atoms with Crippen LogP contribution in [0.3, 0.4) is 0 Å². The van der Waals surface area contributed by atoms with Gasteiger partial charge >= 0.3 is 0 Å². The molecule has 2 fully saturated rings. The molecule has 152 valence electrons. The molecule has 10 heteroatoms. The average molecular weight is 443 g/mol. The molecule has 7 nitrogen and oxygen atoms in total. The number of hydrogen-bond acceptors (Lipinski definition) is 6. The summed E-state index contributed by atoms with van der Waals surface area (Å²) in [5.74, 6) is -0.170. The predicted molar refractivity (Wildman–Crippen MR) is 113 cm³/mol. The van der Waals surface area contributed by atoms with Crippen LogP contribution in [0.4, 0.5) is 5.13 Å². The Bertz CT molecular complexity index is 986. The van der Waals surface area contributed by atoms with E-state index in [-0.39, 0.29) is 11.8 Å². The van der Waals surface area contributed by atoms with Crippen LogP contribution in [0.25, 0.3) is 10.2 Å². The molecule has 2 aromatic rings. The van der Waals surface area contributed by atoms with Gasteiger partial charge in [0.25, 0.3) is 0 Å². The van der Waals surface area contributed by atoms with E-state index in [0.29, 0.717) is 44.3 Å². The lowest BCUT2D eigenvalue weighted by Gasteiger charge is -2.38. The van der Waals surface area contributed by atoms with Gasteiger partial charge in [-0.25, -0.2) is 17.7 Å². The summed E-state index contributed by atoms with van der Waals surface area (Å²) in [7, 11) is -3.25. The number of halogens is 1. The number of carbonyl (C=O) groups is 1. The first-order chi connectivity index (χ1) is 13.3. The maximum absolute atomic E-state index is 12.9. The Kier molecular flexibility index (Phi) is 5.52. The summed E-state index contributed by atoms with van der Waals surface area (Å²) in [6.45, 7) is 3.48. The molecule has 2 saturated heterocycles. The number of fused-ring (bicyclic) bond motifs is 1. The van der Waals surface area contributed by atoms with Gasteiger partial charge in [0.2, 0.25) is 15.9 Å². The molecule has 0 saturated carbocycles. The van der Waals surface area contributed by atoms with Gasteiger partial charge in [-0.05, 0) is 25.0 Å². The molecule has 0 bridgehead atoms. The van der Waals surface area contributed by atoms with E-state index < -0.39 is 10.0 Å². The van der Waals surface area contributed by atoms with Gasteiger partial charge in [0.15, 0.2) is 5.13 Å². The highest BCUT2D eigenvalue weighted by atomic mass is 35.5. The molecule has 1 amide bonds. The van der Waals surface area contributed by atoms with Crippen molar-refractivity contribution in [3.8, 4) is 0 Å². The van der Waals surface area contributed by atoms with E-state index in [1.54, 1.807) is 11.3 Å². The summed E-state index contributed by atoms with van der Waals surface area (Å²) >= 11 is 7.84. The monoisotopic (exact) mass is 442 g/mol. The predicted octanol–water partition coefficient (Wildman–Crippen LogP) is 2.27. The number of benzene rings is 1. The van der Waals surface area contributed by atoms with Crippen molar-refractivity contribution >= 4 is 54.2 Å². The Morgan fingerprint density at radius 1 is 1.21 bits per heavy atom. The number of sulfonamides is 1. The Balaban J connectivity index is 1.39.